The van der Waals surface area contributed by atoms with Crippen LogP contribution in [-0.4, -0.2) is 83.3 Å². The van der Waals surface area contributed by atoms with Crippen LogP contribution < -0.4 is 0 Å². The molecule has 3 fully saturated rings. The van der Waals surface area contributed by atoms with Gasteiger partial charge in [0.1, 0.15) is 0 Å². The van der Waals surface area contributed by atoms with Crippen molar-refractivity contribution in [3.05, 3.63) is 11.6 Å². The zero-order valence-corrected chi connectivity index (χ0v) is 23.0. The maximum Gasteiger partial charge on any atom is 0.159 e. The van der Waals surface area contributed by atoms with Crippen molar-refractivity contribution in [2.45, 2.75) is 121 Å². The van der Waals surface area contributed by atoms with Gasteiger partial charge < -0.3 is 35.7 Å². The Hall–Kier alpha value is -0.870. The van der Waals surface area contributed by atoms with E-state index < -0.39 is 70.3 Å². The van der Waals surface area contributed by atoms with Gasteiger partial charge in [0.2, 0.25) is 0 Å². The van der Waals surface area contributed by atoms with Crippen LogP contribution >= 0.6 is 0 Å². The lowest BCUT2D eigenvalue weighted by atomic mass is 9.45. The van der Waals surface area contributed by atoms with E-state index in [1.807, 2.05) is 20.8 Å². The molecule has 0 aromatic heterocycles. The van der Waals surface area contributed by atoms with Crippen LogP contribution in [0.4, 0.5) is 0 Å². The van der Waals surface area contributed by atoms with Crippen LogP contribution in [0.3, 0.4) is 0 Å². The Bertz CT molecular complexity index is 929. The number of carbonyl (C=O) groups excluding carboxylic acids is 1. The predicted molar refractivity (Wildman–Crippen MR) is 137 cm³/mol. The van der Waals surface area contributed by atoms with Gasteiger partial charge in [0.05, 0.1) is 41.7 Å². The molecule has 3 saturated carbocycles. The van der Waals surface area contributed by atoms with Crippen LogP contribution in [0.25, 0.3) is 0 Å². The van der Waals surface area contributed by atoms with E-state index in [0.717, 1.165) is 0 Å². The minimum atomic E-state index is -1.57. The molecule has 0 bridgehead atoms. The summed E-state index contributed by atoms with van der Waals surface area (Å²) < 4.78 is 0. The number of hydrogen-bond acceptors (Lipinski definition) is 8. The molecule has 12 atom stereocenters. The van der Waals surface area contributed by atoms with Gasteiger partial charge in [0.15, 0.2) is 5.78 Å². The summed E-state index contributed by atoms with van der Waals surface area (Å²) in [6.07, 6.45) is 1.76. The second kappa shape index (κ2) is 9.36. The fourth-order valence-corrected chi connectivity index (χ4v) is 9.04. The number of fused-ring (bicyclic) bond motifs is 5. The minimum absolute atomic E-state index is 0.103. The maximum atomic E-state index is 13.3. The summed E-state index contributed by atoms with van der Waals surface area (Å²) in [5, 5.41) is 76.3. The second-order valence-corrected chi connectivity index (χ2v) is 13.7. The van der Waals surface area contributed by atoms with Crippen LogP contribution in [0.2, 0.25) is 0 Å². The number of rotatable bonds is 7. The van der Waals surface area contributed by atoms with E-state index in [2.05, 4.69) is 0 Å². The van der Waals surface area contributed by atoms with Gasteiger partial charge in [0, 0.05) is 11.3 Å². The van der Waals surface area contributed by atoms with Gasteiger partial charge in [-0.1, -0.05) is 27.2 Å². The Balaban J connectivity index is 1.65. The number of ketones is 1. The first-order valence-electron chi connectivity index (χ1n) is 14.1. The summed E-state index contributed by atoms with van der Waals surface area (Å²) in [6.45, 7) is 8.50. The van der Waals surface area contributed by atoms with Crippen molar-refractivity contribution >= 4 is 5.78 Å². The summed E-state index contributed by atoms with van der Waals surface area (Å²) >= 11 is 0. The Morgan fingerprint density at radius 1 is 1.08 bits per heavy atom. The van der Waals surface area contributed by atoms with E-state index in [-0.39, 0.29) is 24.5 Å². The molecule has 0 aromatic rings. The third kappa shape index (κ3) is 4.17. The van der Waals surface area contributed by atoms with E-state index in [1.165, 1.54) is 6.92 Å². The predicted octanol–water partition coefficient (Wildman–Crippen LogP) is 1.46. The first-order valence-corrected chi connectivity index (χ1v) is 14.1. The maximum absolute atomic E-state index is 13.3. The van der Waals surface area contributed by atoms with Crippen molar-refractivity contribution in [2.24, 2.45) is 34.5 Å². The van der Waals surface area contributed by atoms with Gasteiger partial charge in [-0.3, -0.25) is 4.79 Å². The lowest BCUT2D eigenvalue weighted by Gasteiger charge is -2.60. The van der Waals surface area contributed by atoms with Gasteiger partial charge >= 0.3 is 0 Å². The molecule has 0 heterocycles. The van der Waals surface area contributed by atoms with Crippen LogP contribution in [0.15, 0.2) is 11.6 Å². The van der Waals surface area contributed by atoms with Crippen LogP contribution in [-0.2, 0) is 4.79 Å². The number of aliphatic hydroxyl groups excluding tert-OH is 4. The molecular formula is C29H48O8. The highest BCUT2D eigenvalue weighted by molar-refractivity contribution is 5.95. The summed E-state index contributed by atoms with van der Waals surface area (Å²) in [4.78, 5) is 13.3. The largest absolute Gasteiger partial charge is 0.393 e. The molecular weight excluding hydrogens is 476 g/mol. The molecule has 4 aliphatic rings. The van der Waals surface area contributed by atoms with E-state index in [1.54, 1.807) is 13.0 Å². The second-order valence-electron chi connectivity index (χ2n) is 13.7. The molecule has 8 heteroatoms. The van der Waals surface area contributed by atoms with E-state index in [0.29, 0.717) is 44.1 Å². The smallest absolute Gasteiger partial charge is 0.159 e. The van der Waals surface area contributed by atoms with Gasteiger partial charge in [-0.15, -0.1) is 0 Å². The highest BCUT2D eigenvalue weighted by Crippen LogP contribution is 2.68. The zero-order chi connectivity index (χ0) is 27.8. The molecule has 0 aromatic carbocycles. The summed E-state index contributed by atoms with van der Waals surface area (Å²) in [6, 6.07) is 0. The topological polar surface area (TPSA) is 159 Å². The molecule has 0 radical (unpaired) electrons. The van der Waals surface area contributed by atoms with Crippen molar-refractivity contribution in [1.29, 1.82) is 0 Å². The fourth-order valence-electron chi connectivity index (χ4n) is 9.04. The Morgan fingerprint density at radius 2 is 1.73 bits per heavy atom. The molecule has 0 saturated heterocycles. The number of aliphatic hydroxyl groups is 7. The highest BCUT2D eigenvalue weighted by Gasteiger charge is 2.69. The van der Waals surface area contributed by atoms with E-state index in [4.69, 9.17) is 0 Å². The molecule has 4 aliphatic carbocycles. The molecule has 2 unspecified atom stereocenters. The van der Waals surface area contributed by atoms with Crippen LogP contribution in [0.1, 0.15) is 86.0 Å². The monoisotopic (exact) mass is 524 g/mol. The van der Waals surface area contributed by atoms with Crippen molar-refractivity contribution in [3.63, 3.8) is 0 Å². The first-order chi connectivity index (χ1) is 17.0. The van der Waals surface area contributed by atoms with Gasteiger partial charge in [0.25, 0.3) is 0 Å². The standard InChI is InChI=1S/C29H48O8/c1-6-16(27(4,35)15-30)11-24(34)28(5,36)23-8-10-29(37)18-12-20(31)19-13-21(32)22(33)14-25(19,2)17(18)7-9-26(23,29)3/h12,16-17,19,21-24,30,32-37H,6-11,13-15H2,1-5H3/t16?,17-,19-,21+,22-,23-,24+,25+,26+,27?,28+,29+/m0/s1. The Kier molecular flexibility index (Phi) is 7.36. The van der Waals surface area contributed by atoms with Gasteiger partial charge in [-0.25, -0.2) is 0 Å². The average Bonchev–Trinajstić information content (AvgIpc) is 3.11. The third-order valence-corrected chi connectivity index (χ3v) is 11.7. The number of allylic oxidation sites excluding steroid dienone is 1. The fraction of sp³-hybridized carbons (Fsp3) is 0.897. The number of carbonyl (C=O) groups is 1. The number of hydrogen-bond donors (Lipinski definition) is 7. The average molecular weight is 525 g/mol. The Labute approximate surface area is 220 Å². The van der Waals surface area contributed by atoms with Crippen molar-refractivity contribution < 1.29 is 40.5 Å². The minimum Gasteiger partial charge on any atom is -0.393 e. The molecule has 37 heavy (non-hydrogen) atoms. The van der Waals surface area contributed by atoms with Crippen LogP contribution in [0.5, 0.6) is 0 Å². The lowest BCUT2D eigenvalue weighted by molar-refractivity contribution is -0.181. The van der Waals surface area contributed by atoms with Crippen molar-refractivity contribution in [3.8, 4) is 0 Å². The van der Waals surface area contributed by atoms with Gasteiger partial charge in [-0.05, 0) is 93.6 Å². The highest BCUT2D eigenvalue weighted by atomic mass is 16.3. The Morgan fingerprint density at radius 3 is 2.32 bits per heavy atom. The molecule has 0 aliphatic heterocycles. The SMILES string of the molecule is CCC(C[C@@H](O)[C@](C)(O)[C@H]1CC[C@@]2(O)C3=CC(=O)[C@@H]4C[C@@H](O)[C@@H](O)C[C@]4(C)[C@H]3CC[C@]12C)C(C)(O)CO. The first kappa shape index (κ1) is 29.1. The molecule has 7 N–H and O–H groups in total. The van der Waals surface area contributed by atoms with E-state index in [9.17, 15) is 40.5 Å². The van der Waals surface area contributed by atoms with Gasteiger partial charge in [-0.2, -0.15) is 0 Å². The molecule has 4 rings (SSSR count). The molecule has 8 nitrogen and oxygen atoms in total. The molecule has 0 amide bonds. The molecule has 212 valence electrons. The third-order valence-electron chi connectivity index (χ3n) is 11.7. The summed E-state index contributed by atoms with van der Waals surface area (Å²) in [5.41, 5.74) is -4.98. The quantitative estimate of drug-likeness (QED) is 0.264. The lowest BCUT2D eigenvalue weighted by Crippen LogP contribution is -2.63. The normalized spacial score (nSPS) is 46.5. The summed E-state index contributed by atoms with van der Waals surface area (Å²) in [5.74, 6) is -1.53. The van der Waals surface area contributed by atoms with Crippen molar-refractivity contribution in [2.75, 3.05) is 6.61 Å². The van der Waals surface area contributed by atoms with Crippen LogP contribution in [0, 0.1) is 34.5 Å². The molecule has 0 spiro atoms. The van der Waals surface area contributed by atoms with E-state index >= 15 is 0 Å². The zero-order valence-electron chi connectivity index (χ0n) is 23.0. The summed E-state index contributed by atoms with van der Waals surface area (Å²) in [7, 11) is 0. The van der Waals surface area contributed by atoms with Crippen molar-refractivity contribution in [1.82, 2.24) is 0 Å².